The summed E-state index contributed by atoms with van der Waals surface area (Å²) >= 11 is 7.11. The Labute approximate surface area is 194 Å². The maximum atomic E-state index is 13.5. The lowest BCUT2D eigenvalue weighted by Gasteiger charge is -2.12. The number of aromatic nitrogens is 1. The van der Waals surface area contributed by atoms with E-state index < -0.39 is 0 Å². The summed E-state index contributed by atoms with van der Waals surface area (Å²) < 4.78 is 13.5. The molecule has 0 amide bonds. The topological polar surface area (TPSA) is 53.8 Å². The molecule has 1 aromatic heterocycles. The Kier molecular flexibility index (Phi) is 6.65. The van der Waals surface area contributed by atoms with Gasteiger partial charge in [0.25, 0.3) is 0 Å². The Morgan fingerprint density at radius 3 is 2.31 bits per heavy atom. The third-order valence-corrected chi connectivity index (χ3v) is 6.06. The molecule has 32 heavy (non-hydrogen) atoms. The summed E-state index contributed by atoms with van der Waals surface area (Å²) in [5, 5.41) is 10.9. The van der Waals surface area contributed by atoms with Gasteiger partial charge in [0.2, 0.25) is 0 Å². The zero-order chi connectivity index (χ0) is 22.5. The van der Waals surface area contributed by atoms with Crippen LogP contribution in [0.4, 0.5) is 4.39 Å². The predicted octanol–water partition coefficient (Wildman–Crippen LogP) is 7.05. The van der Waals surface area contributed by atoms with Gasteiger partial charge < -0.3 is 0 Å². The van der Waals surface area contributed by atoms with Gasteiger partial charge in [-0.3, -0.25) is 4.79 Å². The Morgan fingerprint density at radius 1 is 0.969 bits per heavy atom. The maximum Gasteiger partial charge on any atom is 0.173 e. The highest BCUT2D eigenvalue weighted by Gasteiger charge is 2.17. The second kappa shape index (κ2) is 9.78. The van der Waals surface area contributed by atoms with Crippen molar-refractivity contribution < 1.29 is 9.18 Å². The van der Waals surface area contributed by atoms with Crippen LogP contribution in [0.25, 0.3) is 22.4 Å². The fraction of sp³-hybridized carbons (Fsp3) is 0.0385. The lowest BCUT2D eigenvalue weighted by Crippen LogP contribution is -2.04. The number of ketones is 1. The molecule has 0 aliphatic heterocycles. The van der Waals surface area contributed by atoms with E-state index in [0.29, 0.717) is 38.0 Å². The van der Waals surface area contributed by atoms with E-state index in [1.54, 1.807) is 36.4 Å². The first kappa shape index (κ1) is 21.8. The summed E-state index contributed by atoms with van der Waals surface area (Å²) in [5.41, 5.74) is 3.79. The highest BCUT2D eigenvalue weighted by Crippen LogP contribution is 2.34. The number of nitriles is 1. The van der Waals surface area contributed by atoms with Crippen molar-refractivity contribution in [2.75, 3.05) is 5.75 Å². The van der Waals surface area contributed by atoms with Crippen molar-refractivity contribution >= 4 is 29.1 Å². The first-order chi connectivity index (χ1) is 15.5. The number of Topliss-reactive ketones (excluding diaryl/α,β-unsaturated/α-hetero) is 1. The summed E-state index contributed by atoms with van der Waals surface area (Å²) in [6.07, 6.45) is 0. The molecule has 0 unspecified atom stereocenters. The zero-order valence-corrected chi connectivity index (χ0v) is 18.3. The van der Waals surface area contributed by atoms with Crippen LogP contribution in [0.15, 0.2) is 90.0 Å². The van der Waals surface area contributed by atoms with Gasteiger partial charge in [0.1, 0.15) is 16.9 Å². The van der Waals surface area contributed by atoms with E-state index in [1.165, 1.54) is 23.9 Å². The Morgan fingerprint density at radius 2 is 1.66 bits per heavy atom. The number of hydrogen-bond acceptors (Lipinski definition) is 4. The molecule has 6 heteroatoms. The molecule has 4 rings (SSSR count). The number of carbonyl (C=O) groups is 1. The summed E-state index contributed by atoms with van der Waals surface area (Å²) in [6, 6.07) is 26.3. The maximum absolute atomic E-state index is 13.5. The molecule has 3 aromatic carbocycles. The van der Waals surface area contributed by atoms with Crippen LogP contribution in [-0.4, -0.2) is 16.5 Å². The average Bonchev–Trinajstić information content (AvgIpc) is 2.83. The van der Waals surface area contributed by atoms with E-state index in [1.807, 2.05) is 36.4 Å². The van der Waals surface area contributed by atoms with Gasteiger partial charge >= 0.3 is 0 Å². The number of nitrogens with zero attached hydrogens (tertiary/aromatic N) is 2. The monoisotopic (exact) mass is 458 g/mol. The highest BCUT2D eigenvalue weighted by atomic mass is 35.5. The molecule has 0 atom stereocenters. The van der Waals surface area contributed by atoms with Crippen LogP contribution in [0.5, 0.6) is 0 Å². The minimum atomic E-state index is -0.354. The molecule has 0 radical (unpaired) electrons. The lowest BCUT2D eigenvalue weighted by molar-refractivity contribution is 0.102. The van der Waals surface area contributed by atoms with Crippen molar-refractivity contribution in [3.05, 3.63) is 107 Å². The fourth-order valence-electron chi connectivity index (χ4n) is 3.20. The minimum Gasteiger partial charge on any atom is -0.293 e. The van der Waals surface area contributed by atoms with E-state index in [-0.39, 0.29) is 17.4 Å². The molecule has 0 N–H and O–H groups in total. The number of benzene rings is 3. The smallest absolute Gasteiger partial charge is 0.173 e. The molecule has 0 fully saturated rings. The number of rotatable bonds is 6. The number of hydrogen-bond donors (Lipinski definition) is 0. The van der Waals surface area contributed by atoms with Crippen molar-refractivity contribution in [2.24, 2.45) is 0 Å². The van der Waals surface area contributed by atoms with E-state index in [2.05, 4.69) is 6.07 Å². The van der Waals surface area contributed by atoms with E-state index >= 15 is 0 Å². The van der Waals surface area contributed by atoms with Gasteiger partial charge in [-0.2, -0.15) is 5.26 Å². The summed E-state index contributed by atoms with van der Waals surface area (Å²) in [4.78, 5) is 17.4. The van der Waals surface area contributed by atoms with Gasteiger partial charge in [0, 0.05) is 21.7 Å². The van der Waals surface area contributed by atoms with E-state index in [0.717, 1.165) is 5.56 Å². The Balaban J connectivity index is 1.75. The quantitative estimate of drug-likeness (QED) is 0.229. The molecule has 4 aromatic rings. The molecular weight excluding hydrogens is 443 g/mol. The summed E-state index contributed by atoms with van der Waals surface area (Å²) in [7, 11) is 0. The third-order valence-electron chi connectivity index (χ3n) is 4.83. The van der Waals surface area contributed by atoms with Crippen molar-refractivity contribution in [3.8, 4) is 28.5 Å². The van der Waals surface area contributed by atoms with Gasteiger partial charge in [-0.1, -0.05) is 65.8 Å². The molecule has 0 bridgehead atoms. The Bertz CT molecular complexity index is 1300. The lowest BCUT2D eigenvalue weighted by atomic mass is 9.99. The molecule has 3 nitrogen and oxygen atoms in total. The molecule has 0 spiro atoms. The molecule has 156 valence electrons. The minimum absolute atomic E-state index is 0.0918. The molecule has 0 aliphatic rings. The molecule has 1 heterocycles. The second-order valence-electron chi connectivity index (χ2n) is 6.94. The van der Waals surface area contributed by atoms with E-state index in [4.69, 9.17) is 16.6 Å². The van der Waals surface area contributed by atoms with Crippen molar-refractivity contribution in [1.29, 1.82) is 5.26 Å². The third kappa shape index (κ3) is 4.88. The first-order valence-corrected chi connectivity index (χ1v) is 11.1. The van der Waals surface area contributed by atoms with Crippen molar-refractivity contribution in [2.45, 2.75) is 5.03 Å². The number of halogens is 2. The SMILES string of the molecule is N#Cc1c(-c2ccc(F)cc2)cc(-c2ccccc2)nc1SCC(=O)c1ccc(Cl)cc1. The van der Waals surface area contributed by atoms with Crippen LogP contribution in [0.1, 0.15) is 15.9 Å². The number of carbonyl (C=O) groups excluding carboxylic acids is 1. The largest absolute Gasteiger partial charge is 0.293 e. The highest BCUT2D eigenvalue weighted by molar-refractivity contribution is 8.00. The standard InChI is InChI=1S/C26H16ClFN2OS/c27-20-10-6-19(7-11-20)25(31)16-32-26-23(15-29)22(17-8-12-21(28)13-9-17)14-24(30-26)18-4-2-1-3-5-18/h1-14H,16H2. The first-order valence-electron chi connectivity index (χ1n) is 9.73. The number of thioether (sulfide) groups is 1. The van der Waals surface area contributed by atoms with Crippen LogP contribution in [0.2, 0.25) is 5.02 Å². The van der Waals surface area contributed by atoms with Crippen molar-refractivity contribution in [1.82, 2.24) is 4.98 Å². The normalized spacial score (nSPS) is 10.5. The van der Waals surface area contributed by atoms with E-state index in [9.17, 15) is 14.4 Å². The fourth-order valence-corrected chi connectivity index (χ4v) is 4.22. The second-order valence-corrected chi connectivity index (χ2v) is 8.34. The van der Waals surface area contributed by atoms with Gasteiger partial charge in [-0.15, -0.1) is 0 Å². The van der Waals surface area contributed by atoms with Crippen LogP contribution < -0.4 is 0 Å². The predicted molar refractivity (Wildman–Crippen MR) is 126 cm³/mol. The summed E-state index contributed by atoms with van der Waals surface area (Å²) in [5.74, 6) is -0.330. The van der Waals surface area contributed by atoms with Gasteiger partial charge in [0.15, 0.2) is 5.78 Å². The zero-order valence-electron chi connectivity index (χ0n) is 16.8. The van der Waals surface area contributed by atoms with Crippen LogP contribution in [0, 0.1) is 17.1 Å². The molecule has 0 saturated carbocycles. The Hall–Kier alpha value is -3.46. The molecule has 0 saturated heterocycles. The molecule has 0 aliphatic carbocycles. The number of pyridine rings is 1. The van der Waals surface area contributed by atoms with Crippen molar-refractivity contribution in [3.63, 3.8) is 0 Å². The van der Waals surface area contributed by atoms with Crippen LogP contribution in [-0.2, 0) is 0 Å². The van der Waals surface area contributed by atoms with Gasteiger partial charge in [-0.05, 0) is 48.0 Å². The van der Waals surface area contributed by atoms with Gasteiger partial charge in [0.05, 0.1) is 17.0 Å². The summed E-state index contributed by atoms with van der Waals surface area (Å²) in [6.45, 7) is 0. The van der Waals surface area contributed by atoms with Crippen LogP contribution >= 0.6 is 23.4 Å². The average molecular weight is 459 g/mol. The van der Waals surface area contributed by atoms with Crippen LogP contribution in [0.3, 0.4) is 0 Å². The molecular formula is C26H16ClFN2OS. The van der Waals surface area contributed by atoms with Gasteiger partial charge in [-0.25, -0.2) is 9.37 Å².